The van der Waals surface area contributed by atoms with E-state index in [1.165, 1.54) is 33.5 Å². The summed E-state index contributed by atoms with van der Waals surface area (Å²) in [6, 6.07) is 3.03. The number of benzene rings is 1. The van der Waals surface area contributed by atoms with Crippen LogP contribution < -0.4 is 19.5 Å². The van der Waals surface area contributed by atoms with E-state index in [0.717, 1.165) is 11.3 Å². The third-order valence-electron chi connectivity index (χ3n) is 3.03. The highest BCUT2D eigenvalue weighted by atomic mass is 32.1. The number of thiazole rings is 1. The second-order valence-electron chi connectivity index (χ2n) is 4.58. The number of amides is 1. The molecule has 0 fully saturated rings. The van der Waals surface area contributed by atoms with E-state index in [2.05, 4.69) is 10.3 Å². The van der Waals surface area contributed by atoms with Crippen molar-refractivity contribution < 1.29 is 28.9 Å². The van der Waals surface area contributed by atoms with Gasteiger partial charge in [0.15, 0.2) is 16.6 Å². The zero-order valence-electron chi connectivity index (χ0n) is 13.3. The van der Waals surface area contributed by atoms with Crippen LogP contribution >= 0.6 is 11.3 Å². The van der Waals surface area contributed by atoms with E-state index in [4.69, 9.17) is 19.3 Å². The molecule has 1 heterocycles. The lowest BCUT2D eigenvalue weighted by atomic mass is 10.1. The third-order valence-corrected chi connectivity index (χ3v) is 3.84. The van der Waals surface area contributed by atoms with Gasteiger partial charge in [-0.2, -0.15) is 0 Å². The van der Waals surface area contributed by atoms with Crippen molar-refractivity contribution in [1.82, 2.24) is 4.98 Å². The minimum atomic E-state index is -0.984. The maximum Gasteiger partial charge on any atom is 0.309 e. The summed E-state index contributed by atoms with van der Waals surface area (Å²) in [5.74, 6) is -0.316. The van der Waals surface area contributed by atoms with Gasteiger partial charge >= 0.3 is 5.97 Å². The number of methoxy groups -OCH3 is 3. The highest BCUT2D eigenvalue weighted by molar-refractivity contribution is 7.14. The molecule has 128 valence electrons. The zero-order valence-corrected chi connectivity index (χ0v) is 14.1. The Hall–Kier alpha value is -2.81. The number of ether oxygens (including phenoxy) is 3. The van der Waals surface area contributed by atoms with Crippen LogP contribution in [0.25, 0.3) is 0 Å². The van der Waals surface area contributed by atoms with Crippen LogP contribution in [0.5, 0.6) is 17.2 Å². The van der Waals surface area contributed by atoms with Crippen molar-refractivity contribution in [3.63, 3.8) is 0 Å². The number of nitrogens with zero attached hydrogens (tertiary/aromatic N) is 1. The largest absolute Gasteiger partial charge is 0.493 e. The molecule has 0 saturated heterocycles. The van der Waals surface area contributed by atoms with E-state index < -0.39 is 11.9 Å². The quantitative estimate of drug-likeness (QED) is 0.785. The normalized spacial score (nSPS) is 10.1. The topological polar surface area (TPSA) is 107 Å². The molecule has 0 aliphatic heterocycles. The summed E-state index contributed by atoms with van der Waals surface area (Å²) in [7, 11) is 4.38. The Morgan fingerprint density at radius 1 is 1.17 bits per heavy atom. The van der Waals surface area contributed by atoms with Crippen LogP contribution in [0.2, 0.25) is 0 Å². The molecule has 1 aromatic heterocycles. The van der Waals surface area contributed by atoms with E-state index in [9.17, 15) is 9.59 Å². The van der Waals surface area contributed by atoms with Crippen LogP contribution in [0.15, 0.2) is 17.5 Å². The summed E-state index contributed by atoms with van der Waals surface area (Å²) < 4.78 is 15.6. The minimum Gasteiger partial charge on any atom is -0.493 e. The lowest BCUT2D eigenvalue weighted by Crippen LogP contribution is -2.12. The Morgan fingerprint density at radius 2 is 1.79 bits per heavy atom. The van der Waals surface area contributed by atoms with Gasteiger partial charge in [0.2, 0.25) is 5.75 Å². The molecule has 9 heteroatoms. The number of carboxylic acids is 1. The highest BCUT2D eigenvalue weighted by Crippen LogP contribution is 2.38. The number of hydrogen-bond donors (Lipinski definition) is 2. The van der Waals surface area contributed by atoms with Gasteiger partial charge in [0.1, 0.15) is 0 Å². The molecule has 2 aromatic rings. The van der Waals surface area contributed by atoms with Crippen molar-refractivity contribution in [1.29, 1.82) is 0 Å². The summed E-state index contributed by atoms with van der Waals surface area (Å²) in [5, 5.41) is 13.2. The first kappa shape index (κ1) is 17.5. The summed E-state index contributed by atoms with van der Waals surface area (Å²) in [6.07, 6.45) is -0.198. The van der Waals surface area contributed by atoms with E-state index in [1.807, 2.05) is 0 Å². The smallest absolute Gasteiger partial charge is 0.309 e. The molecular formula is C15H16N2O6S. The first-order valence-electron chi connectivity index (χ1n) is 6.76. The number of aliphatic carboxylic acids is 1. The number of nitrogens with one attached hydrogen (secondary N) is 1. The lowest BCUT2D eigenvalue weighted by molar-refractivity contribution is -0.136. The fourth-order valence-corrected chi connectivity index (χ4v) is 2.69. The molecule has 8 nitrogen and oxygen atoms in total. The average Bonchev–Trinajstić information content (AvgIpc) is 2.99. The summed E-state index contributed by atoms with van der Waals surface area (Å²) >= 11 is 1.15. The van der Waals surface area contributed by atoms with Crippen LogP contribution in [0.3, 0.4) is 0 Å². The van der Waals surface area contributed by atoms with Crippen LogP contribution in [-0.4, -0.2) is 43.3 Å². The number of carbonyl (C=O) groups excluding carboxylic acids is 1. The van der Waals surface area contributed by atoms with Gasteiger partial charge in [-0.05, 0) is 12.1 Å². The molecule has 1 aromatic carbocycles. The van der Waals surface area contributed by atoms with E-state index in [-0.39, 0.29) is 6.42 Å². The Labute approximate surface area is 142 Å². The molecule has 0 aliphatic rings. The molecule has 24 heavy (non-hydrogen) atoms. The fourth-order valence-electron chi connectivity index (χ4n) is 1.98. The lowest BCUT2D eigenvalue weighted by Gasteiger charge is -2.13. The summed E-state index contributed by atoms with van der Waals surface area (Å²) in [6.45, 7) is 0. The number of anilines is 1. The molecule has 0 radical (unpaired) electrons. The number of carbonyl (C=O) groups is 2. The van der Waals surface area contributed by atoms with Crippen molar-refractivity contribution in [2.75, 3.05) is 26.6 Å². The number of carboxylic acid groups (broad SMARTS) is 1. The van der Waals surface area contributed by atoms with Gasteiger partial charge in [-0.3, -0.25) is 14.9 Å². The SMILES string of the molecule is COc1cc(C(=O)Nc2nc(CC(=O)O)cs2)cc(OC)c1OC. The van der Waals surface area contributed by atoms with Gasteiger partial charge in [0.05, 0.1) is 33.4 Å². The van der Waals surface area contributed by atoms with Crippen LogP contribution in [0.4, 0.5) is 5.13 Å². The van der Waals surface area contributed by atoms with Gasteiger partial charge in [-0.25, -0.2) is 4.98 Å². The standard InChI is InChI=1S/C15H16N2O6S/c1-21-10-4-8(5-11(22-2)13(10)23-3)14(20)17-15-16-9(7-24-15)6-12(18)19/h4-5,7H,6H2,1-3H3,(H,18,19)(H,16,17,20). The van der Waals surface area contributed by atoms with E-state index in [0.29, 0.717) is 33.6 Å². The van der Waals surface area contributed by atoms with Crippen LogP contribution in [-0.2, 0) is 11.2 Å². The van der Waals surface area contributed by atoms with Crippen molar-refractivity contribution in [2.45, 2.75) is 6.42 Å². The number of aromatic nitrogens is 1. The van der Waals surface area contributed by atoms with Gasteiger partial charge < -0.3 is 19.3 Å². The molecule has 0 spiro atoms. The maximum absolute atomic E-state index is 12.4. The molecule has 2 N–H and O–H groups in total. The Balaban J connectivity index is 2.23. The second kappa shape index (κ2) is 7.64. The fraction of sp³-hybridized carbons (Fsp3) is 0.267. The number of hydrogen-bond acceptors (Lipinski definition) is 7. The predicted molar refractivity (Wildman–Crippen MR) is 87.5 cm³/mol. The molecule has 2 rings (SSSR count). The minimum absolute atomic E-state index is 0.198. The summed E-state index contributed by atoms with van der Waals surface area (Å²) in [5.41, 5.74) is 0.673. The van der Waals surface area contributed by atoms with Crippen LogP contribution in [0.1, 0.15) is 16.1 Å². The molecule has 0 atom stereocenters. The number of rotatable bonds is 7. The predicted octanol–water partition coefficient (Wildman–Crippen LogP) is 2.05. The van der Waals surface area contributed by atoms with E-state index >= 15 is 0 Å². The van der Waals surface area contributed by atoms with E-state index in [1.54, 1.807) is 5.38 Å². The third kappa shape index (κ3) is 3.93. The van der Waals surface area contributed by atoms with Gasteiger partial charge in [0, 0.05) is 10.9 Å². The van der Waals surface area contributed by atoms with Crippen LogP contribution in [0, 0.1) is 0 Å². The monoisotopic (exact) mass is 352 g/mol. The van der Waals surface area contributed by atoms with Crippen molar-refractivity contribution in [3.05, 3.63) is 28.8 Å². The molecular weight excluding hydrogens is 336 g/mol. The first-order chi connectivity index (χ1) is 11.5. The average molecular weight is 352 g/mol. The summed E-state index contributed by atoms with van der Waals surface area (Å²) in [4.78, 5) is 27.1. The molecule has 0 unspecified atom stereocenters. The molecule has 0 aliphatic carbocycles. The van der Waals surface area contributed by atoms with Crippen molar-refractivity contribution in [3.8, 4) is 17.2 Å². The molecule has 1 amide bonds. The Kier molecular flexibility index (Phi) is 5.59. The van der Waals surface area contributed by atoms with Gasteiger partial charge in [0.25, 0.3) is 5.91 Å². The van der Waals surface area contributed by atoms with Gasteiger partial charge in [-0.1, -0.05) is 0 Å². The second-order valence-corrected chi connectivity index (χ2v) is 5.44. The zero-order chi connectivity index (χ0) is 17.7. The maximum atomic E-state index is 12.4. The van der Waals surface area contributed by atoms with Gasteiger partial charge in [-0.15, -0.1) is 11.3 Å². The highest BCUT2D eigenvalue weighted by Gasteiger charge is 2.18. The van der Waals surface area contributed by atoms with Crippen molar-refractivity contribution >= 4 is 28.3 Å². The Morgan fingerprint density at radius 3 is 2.29 bits per heavy atom. The molecule has 0 saturated carbocycles. The first-order valence-corrected chi connectivity index (χ1v) is 7.64. The molecule has 0 bridgehead atoms. The van der Waals surface area contributed by atoms with Crippen molar-refractivity contribution in [2.24, 2.45) is 0 Å². The Bertz CT molecular complexity index is 733.